The van der Waals surface area contributed by atoms with Gasteiger partial charge >= 0.3 is 0 Å². The number of fused-ring (bicyclic) bond motifs is 17. The molecule has 1 heterocycles. The molecule has 11 aromatic rings. The number of furan rings is 1. The summed E-state index contributed by atoms with van der Waals surface area (Å²) in [7, 11) is 0. The summed E-state index contributed by atoms with van der Waals surface area (Å²) >= 11 is 0. The van der Waals surface area contributed by atoms with E-state index in [4.69, 9.17) is 4.42 Å². The molecule has 2 aliphatic rings. The second-order valence-corrected chi connectivity index (χ2v) is 15.6. The van der Waals surface area contributed by atoms with E-state index >= 15 is 0 Å². The van der Waals surface area contributed by atoms with Crippen LogP contribution >= 0.6 is 0 Å². The van der Waals surface area contributed by atoms with Crippen molar-refractivity contribution in [2.24, 2.45) is 0 Å². The highest BCUT2D eigenvalue weighted by molar-refractivity contribution is 6.11. The Morgan fingerprint density at radius 1 is 0.286 bits per heavy atom. The van der Waals surface area contributed by atoms with E-state index in [1.165, 1.54) is 93.5 Å². The molecular weight excluding hydrogens is 677 g/mol. The van der Waals surface area contributed by atoms with Gasteiger partial charge in [0.2, 0.25) is 0 Å². The zero-order valence-corrected chi connectivity index (χ0v) is 30.4. The van der Waals surface area contributed by atoms with Crippen LogP contribution in [-0.4, -0.2) is 0 Å². The predicted octanol–water partition coefficient (Wildman–Crippen LogP) is 14.7. The molecule has 13 rings (SSSR count). The molecule has 0 N–H and O–H groups in total. The number of rotatable bonds is 2. The van der Waals surface area contributed by atoms with Crippen LogP contribution in [0, 0.1) is 0 Å². The van der Waals surface area contributed by atoms with Crippen LogP contribution in [0.4, 0.5) is 0 Å². The SMILES string of the molecule is c1ccc2c(c1)-c1ccccc1C21c2ccccc2-c2ccc3ccc(-c4ccc5cc(-c6ccc7c(c6)oc6cc8ccccc8cc67)ccc5c4)cc3c21. The molecule has 0 aliphatic heterocycles. The van der Waals surface area contributed by atoms with E-state index in [9.17, 15) is 0 Å². The van der Waals surface area contributed by atoms with E-state index < -0.39 is 0 Å². The molecule has 0 saturated heterocycles. The molecule has 10 aromatic carbocycles. The molecule has 0 amide bonds. The summed E-state index contributed by atoms with van der Waals surface area (Å²) in [6.07, 6.45) is 0. The van der Waals surface area contributed by atoms with Gasteiger partial charge in [0.05, 0.1) is 5.41 Å². The minimum absolute atomic E-state index is 0.378. The Labute approximate surface area is 323 Å². The minimum atomic E-state index is -0.378. The molecule has 1 nitrogen and oxygen atoms in total. The minimum Gasteiger partial charge on any atom is -0.456 e. The zero-order valence-electron chi connectivity index (χ0n) is 30.4. The highest BCUT2D eigenvalue weighted by Crippen LogP contribution is 2.64. The quantitative estimate of drug-likeness (QED) is 0.174. The van der Waals surface area contributed by atoms with Crippen LogP contribution < -0.4 is 0 Å². The van der Waals surface area contributed by atoms with E-state index in [0.717, 1.165) is 27.5 Å². The Balaban J connectivity index is 0.938. The van der Waals surface area contributed by atoms with Gasteiger partial charge in [-0.3, -0.25) is 0 Å². The molecule has 56 heavy (non-hydrogen) atoms. The van der Waals surface area contributed by atoms with Gasteiger partial charge in [0.15, 0.2) is 0 Å². The number of hydrogen-bond donors (Lipinski definition) is 0. The lowest BCUT2D eigenvalue weighted by molar-refractivity contribution is 0.669. The maximum absolute atomic E-state index is 6.42. The first-order valence-electron chi connectivity index (χ1n) is 19.5. The molecular formula is C55H32O. The fourth-order valence-electron chi connectivity index (χ4n) is 10.3. The lowest BCUT2D eigenvalue weighted by Gasteiger charge is -2.31. The Morgan fingerprint density at radius 2 is 0.750 bits per heavy atom. The van der Waals surface area contributed by atoms with E-state index in [1.807, 2.05) is 0 Å². The lowest BCUT2D eigenvalue weighted by Crippen LogP contribution is -2.26. The summed E-state index contributed by atoms with van der Waals surface area (Å²) in [5, 5.41) is 9.76. The van der Waals surface area contributed by atoms with Gasteiger partial charge in [-0.25, -0.2) is 0 Å². The molecule has 258 valence electrons. The molecule has 0 unspecified atom stereocenters. The summed E-state index contributed by atoms with van der Waals surface area (Å²) < 4.78 is 6.42. The average Bonchev–Trinajstić information content (AvgIpc) is 3.88. The molecule has 0 atom stereocenters. The summed E-state index contributed by atoms with van der Waals surface area (Å²) in [5.74, 6) is 0. The van der Waals surface area contributed by atoms with Gasteiger partial charge in [-0.2, -0.15) is 0 Å². The summed E-state index contributed by atoms with van der Waals surface area (Å²) in [6.45, 7) is 0. The van der Waals surface area contributed by atoms with E-state index in [-0.39, 0.29) is 5.41 Å². The average molecular weight is 709 g/mol. The largest absolute Gasteiger partial charge is 0.456 e. The molecule has 1 heteroatoms. The molecule has 1 spiro atoms. The van der Waals surface area contributed by atoms with Crippen molar-refractivity contribution in [3.8, 4) is 44.5 Å². The van der Waals surface area contributed by atoms with Crippen LogP contribution in [0.5, 0.6) is 0 Å². The van der Waals surface area contributed by atoms with Crippen molar-refractivity contribution in [2.75, 3.05) is 0 Å². The van der Waals surface area contributed by atoms with Crippen LogP contribution in [0.15, 0.2) is 199 Å². The van der Waals surface area contributed by atoms with E-state index in [2.05, 4.69) is 194 Å². The first-order valence-corrected chi connectivity index (χ1v) is 19.5. The molecule has 0 fully saturated rings. The molecule has 0 bridgehead atoms. The maximum atomic E-state index is 6.42. The fourth-order valence-corrected chi connectivity index (χ4v) is 10.3. The summed E-state index contributed by atoms with van der Waals surface area (Å²) in [4.78, 5) is 0. The van der Waals surface area contributed by atoms with Crippen LogP contribution in [0.2, 0.25) is 0 Å². The lowest BCUT2D eigenvalue weighted by atomic mass is 9.69. The Bertz CT molecular complexity index is 3420. The van der Waals surface area contributed by atoms with Gasteiger partial charge in [0, 0.05) is 10.8 Å². The maximum Gasteiger partial charge on any atom is 0.136 e. The molecule has 0 radical (unpaired) electrons. The third-order valence-electron chi connectivity index (χ3n) is 12.8. The molecule has 2 aliphatic carbocycles. The zero-order chi connectivity index (χ0) is 36.5. The van der Waals surface area contributed by atoms with Crippen molar-refractivity contribution >= 4 is 54.3 Å². The second-order valence-electron chi connectivity index (χ2n) is 15.6. The third-order valence-corrected chi connectivity index (χ3v) is 12.8. The smallest absolute Gasteiger partial charge is 0.136 e. The normalized spacial score (nSPS) is 13.5. The van der Waals surface area contributed by atoms with Gasteiger partial charge in [0.1, 0.15) is 11.2 Å². The molecule has 1 aromatic heterocycles. The summed E-state index contributed by atoms with van der Waals surface area (Å²) in [5.41, 5.74) is 17.1. The highest BCUT2D eigenvalue weighted by atomic mass is 16.3. The number of hydrogen-bond acceptors (Lipinski definition) is 1. The monoisotopic (exact) mass is 708 g/mol. The first kappa shape index (κ1) is 30.1. The highest BCUT2D eigenvalue weighted by Gasteiger charge is 2.52. The van der Waals surface area contributed by atoms with Crippen molar-refractivity contribution in [2.45, 2.75) is 5.41 Å². The van der Waals surface area contributed by atoms with Gasteiger partial charge in [0.25, 0.3) is 0 Å². The first-order chi connectivity index (χ1) is 27.7. The van der Waals surface area contributed by atoms with Crippen LogP contribution in [-0.2, 0) is 5.41 Å². The Hall–Kier alpha value is -7.22. The van der Waals surface area contributed by atoms with Crippen LogP contribution in [0.1, 0.15) is 22.3 Å². The Kier molecular flexibility index (Phi) is 5.89. The van der Waals surface area contributed by atoms with Gasteiger partial charge in [-0.15, -0.1) is 0 Å². The Morgan fingerprint density at radius 3 is 1.41 bits per heavy atom. The fraction of sp³-hybridized carbons (Fsp3) is 0.0182. The van der Waals surface area contributed by atoms with Crippen molar-refractivity contribution in [1.82, 2.24) is 0 Å². The van der Waals surface area contributed by atoms with Gasteiger partial charge in [-0.05, 0) is 142 Å². The second kappa shape index (κ2) is 10.9. The van der Waals surface area contributed by atoms with Crippen molar-refractivity contribution in [3.05, 3.63) is 216 Å². The van der Waals surface area contributed by atoms with Crippen LogP contribution in [0.3, 0.4) is 0 Å². The van der Waals surface area contributed by atoms with Gasteiger partial charge in [-0.1, -0.05) is 152 Å². The van der Waals surface area contributed by atoms with Gasteiger partial charge < -0.3 is 4.42 Å². The standard InChI is InChI=1S/C55H32O/c1-2-10-35-31-53-48(30-34(35)9-1)45-25-24-41(32-52(45)56-53)39-22-20-36-27-38(21-19-37(36)28-39)40-18-17-33-23-26-46-44-13-5-8-16-51(44)55(54(46)47(33)29-40)49-14-6-3-11-42(49)43-12-4-7-15-50(43)55/h1-32H. The predicted molar refractivity (Wildman–Crippen MR) is 233 cm³/mol. The van der Waals surface area contributed by atoms with Crippen LogP contribution in [0.25, 0.3) is 98.8 Å². The van der Waals surface area contributed by atoms with Crippen molar-refractivity contribution < 1.29 is 4.42 Å². The van der Waals surface area contributed by atoms with E-state index in [1.54, 1.807) is 0 Å². The number of benzene rings is 10. The molecule has 0 saturated carbocycles. The third kappa shape index (κ3) is 3.94. The van der Waals surface area contributed by atoms with Crippen molar-refractivity contribution in [3.63, 3.8) is 0 Å². The van der Waals surface area contributed by atoms with Crippen molar-refractivity contribution in [1.29, 1.82) is 0 Å². The topological polar surface area (TPSA) is 13.1 Å². The van der Waals surface area contributed by atoms with E-state index in [0.29, 0.717) is 0 Å². The summed E-state index contributed by atoms with van der Waals surface area (Å²) in [6, 6.07) is 72.1.